The molecule has 7 heteroatoms. The summed E-state index contributed by atoms with van der Waals surface area (Å²) in [5.74, 6) is -0.463. The van der Waals surface area contributed by atoms with Gasteiger partial charge in [-0.1, -0.05) is 24.6 Å². The predicted octanol–water partition coefficient (Wildman–Crippen LogP) is 4.81. The highest BCUT2D eigenvalue weighted by molar-refractivity contribution is 6.30. The van der Waals surface area contributed by atoms with E-state index in [1.165, 1.54) is 24.3 Å². The van der Waals surface area contributed by atoms with Crippen LogP contribution < -0.4 is 5.32 Å². The van der Waals surface area contributed by atoms with Crippen molar-refractivity contribution >= 4 is 23.2 Å². The lowest BCUT2D eigenvalue weighted by Gasteiger charge is -2.35. The van der Waals surface area contributed by atoms with Gasteiger partial charge in [-0.3, -0.25) is 4.79 Å². The average Bonchev–Trinajstić information content (AvgIpc) is 3.32. The van der Waals surface area contributed by atoms with E-state index in [0.717, 1.165) is 18.9 Å². The van der Waals surface area contributed by atoms with Crippen LogP contribution in [0, 0.1) is 5.92 Å². The first-order valence-electron chi connectivity index (χ1n) is 7.81. The van der Waals surface area contributed by atoms with Crippen LogP contribution in [0.4, 0.5) is 18.9 Å². The molecular weight excluding hydrogens is 343 g/mol. The maximum absolute atomic E-state index is 14.1. The van der Waals surface area contributed by atoms with Gasteiger partial charge in [0.2, 0.25) is 5.60 Å². The number of ether oxygens (including phenoxy) is 1. The Kier molecular flexibility index (Phi) is 4.38. The molecule has 1 N–H and O–H groups in total. The molecule has 1 aliphatic carbocycles. The first kappa shape index (κ1) is 17.3. The van der Waals surface area contributed by atoms with Gasteiger partial charge in [-0.25, -0.2) is 0 Å². The van der Waals surface area contributed by atoms with Gasteiger partial charge < -0.3 is 10.1 Å². The lowest BCUT2D eigenvalue weighted by atomic mass is 9.90. The second kappa shape index (κ2) is 6.08. The summed E-state index contributed by atoms with van der Waals surface area (Å²) < 4.78 is 47.8. The molecule has 0 bridgehead atoms. The summed E-state index contributed by atoms with van der Waals surface area (Å²) in [4.78, 5) is 12.2. The molecule has 0 aromatic heterocycles. The van der Waals surface area contributed by atoms with Crippen LogP contribution in [0.1, 0.15) is 31.7 Å². The van der Waals surface area contributed by atoms with Gasteiger partial charge in [0.1, 0.15) is 6.10 Å². The number of benzene rings is 1. The number of anilines is 1. The first-order chi connectivity index (χ1) is 11.3. The molecule has 1 aromatic carbocycles. The fraction of sp³-hybridized carbons (Fsp3) is 0.471. The molecule has 0 radical (unpaired) electrons. The summed E-state index contributed by atoms with van der Waals surface area (Å²) in [6, 6.07) is 4.03. The number of halogens is 4. The van der Waals surface area contributed by atoms with Crippen LogP contribution in [0.25, 0.3) is 0 Å². The van der Waals surface area contributed by atoms with Crippen LogP contribution in [0.3, 0.4) is 0 Å². The molecule has 130 valence electrons. The fourth-order valence-electron chi connectivity index (χ4n) is 2.76. The van der Waals surface area contributed by atoms with Crippen molar-refractivity contribution in [3.05, 3.63) is 40.9 Å². The summed E-state index contributed by atoms with van der Waals surface area (Å²) in [5, 5.41) is 2.67. The zero-order valence-electron chi connectivity index (χ0n) is 13.0. The van der Waals surface area contributed by atoms with Crippen LogP contribution in [0.5, 0.6) is 0 Å². The van der Waals surface area contributed by atoms with E-state index in [0.29, 0.717) is 0 Å². The van der Waals surface area contributed by atoms with Crippen LogP contribution in [-0.4, -0.2) is 18.2 Å². The SMILES string of the molecule is CC[C@@H]1O[C@](C=CC2CC2)(C(F)(F)F)c2cc(Cl)ccc2NC1=O. The van der Waals surface area contributed by atoms with Crippen molar-refractivity contribution in [2.24, 2.45) is 5.92 Å². The maximum atomic E-state index is 14.1. The van der Waals surface area contributed by atoms with E-state index < -0.39 is 23.8 Å². The van der Waals surface area contributed by atoms with E-state index in [2.05, 4.69) is 5.32 Å². The maximum Gasteiger partial charge on any atom is 0.425 e. The molecule has 0 unspecified atom stereocenters. The number of carbonyl (C=O) groups is 1. The molecule has 3 rings (SSSR count). The standard InChI is InChI=1S/C17H17ClF3NO2/c1-2-14-15(23)22-13-6-5-11(18)9-12(13)16(24-14,17(19,20)21)8-7-10-3-4-10/h5-10,14H,2-4H2,1H3,(H,22,23)/t14-,16-/m0/s1. The quantitative estimate of drug-likeness (QED) is 0.786. The van der Waals surface area contributed by atoms with Gasteiger partial charge in [0, 0.05) is 16.3 Å². The van der Waals surface area contributed by atoms with Crippen molar-refractivity contribution in [3.8, 4) is 0 Å². The third kappa shape index (κ3) is 3.05. The number of alkyl halides is 3. The topological polar surface area (TPSA) is 38.3 Å². The van der Waals surface area contributed by atoms with E-state index in [-0.39, 0.29) is 28.6 Å². The van der Waals surface area contributed by atoms with Crippen molar-refractivity contribution in [2.45, 2.75) is 44.1 Å². The van der Waals surface area contributed by atoms with Gasteiger partial charge in [-0.05, 0) is 49.5 Å². The van der Waals surface area contributed by atoms with Gasteiger partial charge in [0.25, 0.3) is 5.91 Å². The molecule has 1 fully saturated rings. The number of allylic oxidation sites excluding steroid dienone is 1. The Morgan fingerprint density at radius 3 is 2.71 bits per heavy atom. The molecule has 3 nitrogen and oxygen atoms in total. The molecular formula is C17H17ClF3NO2. The number of nitrogens with one attached hydrogen (secondary N) is 1. The third-order valence-corrected chi connectivity index (χ3v) is 4.51. The summed E-state index contributed by atoms with van der Waals surface area (Å²) in [6.45, 7) is 1.61. The van der Waals surface area contributed by atoms with E-state index in [4.69, 9.17) is 16.3 Å². The molecule has 2 atom stereocenters. The third-order valence-electron chi connectivity index (χ3n) is 4.28. The molecule has 1 aliphatic heterocycles. The summed E-state index contributed by atoms with van der Waals surface area (Å²) in [6.07, 6.45) is -1.52. The van der Waals surface area contributed by atoms with Gasteiger partial charge in [-0.2, -0.15) is 13.2 Å². The largest absolute Gasteiger partial charge is 0.425 e. The zero-order chi connectivity index (χ0) is 17.5. The molecule has 2 aliphatic rings. The average molecular weight is 360 g/mol. The Morgan fingerprint density at radius 1 is 1.42 bits per heavy atom. The number of hydrogen-bond donors (Lipinski definition) is 1. The monoisotopic (exact) mass is 359 g/mol. The molecule has 1 amide bonds. The molecule has 1 aromatic rings. The van der Waals surface area contributed by atoms with Crippen molar-refractivity contribution < 1.29 is 22.7 Å². The Morgan fingerprint density at radius 2 is 2.12 bits per heavy atom. The van der Waals surface area contributed by atoms with E-state index in [1.54, 1.807) is 6.92 Å². The molecule has 1 saturated carbocycles. The lowest BCUT2D eigenvalue weighted by Crippen LogP contribution is -2.46. The summed E-state index contributed by atoms with van der Waals surface area (Å²) >= 11 is 5.93. The Bertz CT molecular complexity index is 685. The van der Waals surface area contributed by atoms with Crippen LogP contribution >= 0.6 is 11.6 Å². The van der Waals surface area contributed by atoms with E-state index in [1.807, 2.05) is 0 Å². The van der Waals surface area contributed by atoms with Gasteiger partial charge in [-0.15, -0.1) is 0 Å². The minimum Gasteiger partial charge on any atom is -0.344 e. The lowest BCUT2D eigenvalue weighted by molar-refractivity contribution is -0.272. The second-order valence-corrected chi connectivity index (χ2v) is 6.56. The second-order valence-electron chi connectivity index (χ2n) is 6.12. The minimum atomic E-state index is -4.74. The normalized spacial score (nSPS) is 27.7. The van der Waals surface area contributed by atoms with Crippen LogP contribution in [0.15, 0.2) is 30.4 Å². The van der Waals surface area contributed by atoms with Crippen molar-refractivity contribution in [2.75, 3.05) is 5.32 Å². The van der Waals surface area contributed by atoms with Gasteiger partial charge in [0.15, 0.2) is 0 Å². The predicted molar refractivity (Wildman–Crippen MR) is 84.8 cm³/mol. The Hall–Kier alpha value is -1.53. The highest BCUT2D eigenvalue weighted by Gasteiger charge is 2.59. The minimum absolute atomic E-state index is 0.0677. The highest BCUT2D eigenvalue weighted by atomic mass is 35.5. The molecule has 0 saturated heterocycles. The number of amides is 1. The van der Waals surface area contributed by atoms with Crippen LogP contribution in [-0.2, 0) is 15.1 Å². The number of hydrogen-bond acceptors (Lipinski definition) is 2. The zero-order valence-corrected chi connectivity index (χ0v) is 13.7. The Labute approximate surface area is 142 Å². The van der Waals surface area contributed by atoms with Gasteiger partial charge >= 0.3 is 6.18 Å². The highest BCUT2D eigenvalue weighted by Crippen LogP contribution is 2.50. The number of carbonyl (C=O) groups excluding carboxylic acids is 1. The molecule has 24 heavy (non-hydrogen) atoms. The first-order valence-corrected chi connectivity index (χ1v) is 8.19. The molecule has 1 heterocycles. The van der Waals surface area contributed by atoms with Crippen molar-refractivity contribution in [3.63, 3.8) is 0 Å². The van der Waals surface area contributed by atoms with Crippen molar-refractivity contribution in [1.82, 2.24) is 0 Å². The smallest absolute Gasteiger partial charge is 0.344 e. The van der Waals surface area contributed by atoms with E-state index in [9.17, 15) is 18.0 Å². The number of rotatable bonds is 3. The van der Waals surface area contributed by atoms with Gasteiger partial charge in [0.05, 0.1) is 0 Å². The Balaban J connectivity index is 2.22. The number of fused-ring (bicyclic) bond motifs is 1. The summed E-state index contributed by atoms with van der Waals surface area (Å²) in [5.41, 5.74) is -2.82. The molecule has 0 spiro atoms. The van der Waals surface area contributed by atoms with Crippen molar-refractivity contribution in [1.29, 1.82) is 0 Å². The summed E-state index contributed by atoms with van der Waals surface area (Å²) in [7, 11) is 0. The van der Waals surface area contributed by atoms with Crippen LogP contribution in [0.2, 0.25) is 5.02 Å². The fourth-order valence-corrected chi connectivity index (χ4v) is 2.93. The van der Waals surface area contributed by atoms with E-state index >= 15 is 0 Å².